The molecule has 0 bridgehead atoms. The first-order chi connectivity index (χ1) is 13.4. The summed E-state index contributed by atoms with van der Waals surface area (Å²) in [6.07, 6.45) is 1.58. The van der Waals surface area contributed by atoms with Gasteiger partial charge >= 0.3 is 0 Å². The molecule has 4 rings (SSSR count). The molecule has 144 valence electrons. The van der Waals surface area contributed by atoms with Gasteiger partial charge in [0.05, 0.1) is 17.7 Å². The van der Waals surface area contributed by atoms with Crippen LogP contribution in [0.1, 0.15) is 16.8 Å². The van der Waals surface area contributed by atoms with Gasteiger partial charge in [0.25, 0.3) is 0 Å². The maximum atomic E-state index is 12.7. The number of benzene rings is 1. The summed E-state index contributed by atoms with van der Waals surface area (Å²) in [5.41, 5.74) is 3.10. The zero-order valence-electron chi connectivity index (χ0n) is 15.3. The molecule has 0 aliphatic heterocycles. The van der Waals surface area contributed by atoms with Crippen LogP contribution >= 0.6 is 11.3 Å². The van der Waals surface area contributed by atoms with Crippen LogP contribution in [0.2, 0.25) is 0 Å². The average Bonchev–Trinajstić information content (AvgIpc) is 3.34. The number of anilines is 1. The molecule has 7 nitrogen and oxygen atoms in total. The largest absolute Gasteiger partial charge is 0.463 e. The third-order valence-electron chi connectivity index (χ3n) is 3.98. The lowest BCUT2D eigenvalue weighted by atomic mass is 10.2. The van der Waals surface area contributed by atoms with Crippen LogP contribution in [0.3, 0.4) is 0 Å². The highest BCUT2D eigenvalue weighted by Gasteiger charge is 2.18. The molecule has 9 heteroatoms. The third kappa shape index (κ3) is 4.00. The number of sulfonamides is 1. The van der Waals surface area contributed by atoms with Crippen LogP contribution in [0.15, 0.2) is 58.5 Å². The van der Waals surface area contributed by atoms with Crippen molar-refractivity contribution in [3.8, 4) is 16.6 Å². The summed E-state index contributed by atoms with van der Waals surface area (Å²) in [5, 5.41) is 6.78. The lowest BCUT2D eigenvalue weighted by Crippen LogP contribution is -2.17. The fourth-order valence-corrected chi connectivity index (χ4v) is 4.76. The number of aryl methyl sites for hydroxylation is 2. The molecule has 0 radical (unpaired) electrons. The summed E-state index contributed by atoms with van der Waals surface area (Å²) in [4.78, 5) is 4.51. The topological polar surface area (TPSA) is 90.0 Å². The highest BCUT2D eigenvalue weighted by Crippen LogP contribution is 2.27. The lowest BCUT2D eigenvalue weighted by Gasteiger charge is -2.09. The highest BCUT2D eigenvalue weighted by molar-refractivity contribution is 7.91. The number of nitrogens with zero attached hydrogens (tertiary/aromatic N) is 3. The van der Waals surface area contributed by atoms with Gasteiger partial charge < -0.3 is 4.42 Å². The smallest absolute Gasteiger partial charge is 0.238 e. The molecule has 1 N–H and O–H groups in total. The predicted molar refractivity (Wildman–Crippen MR) is 109 cm³/mol. The number of rotatable bonds is 6. The van der Waals surface area contributed by atoms with E-state index in [1.165, 1.54) is 16.0 Å². The van der Waals surface area contributed by atoms with Crippen LogP contribution in [0.25, 0.3) is 16.6 Å². The number of hydrogen-bond donors (Lipinski definition) is 1. The maximum Gasteiger partial charge on any atom is 0.238 e. The number of hydrogen-bond acceptors (Lipinski definition) is 6. The van der Waals surface area contributed by atoms with Crippen molar-refractivity contribution in [3.63, 3.8) is 0 Å². The van der Waals surface area contributed by atoms with Crippen LogP contribution in [0, 0.1) is 13.8 Å². The minimum Gasteiger partial charge on any atom is -0.463 e. The van der Waals surface area contributed by atoms with Gasteiger partial charge in [0.15, 0.2) is 5.76 Å². The zero-order chi connectivity index (χ0) is 19.7. The summed E-state index contributed by atoms with van der Waals surface area (Å²) in [5.74, 6) is 0.882. The van der Waals surface area contributed by atoms with E-state index >= 15 is 0 Å². The maximum absolute atomic E-state index is 12.7. The zero-order valence-corrected chi connectivity index (χ0v) is 16.9. The van der Waals surface area contributed by atoms with E-state index < -0.39 is 10.0 Å². The lowest BCUT2D eigenvalue weighted by molar-refractivity contribution is 0.580. The van der Waals surface area contributed by atoms with Crippen molar-refractivity contribution in [1.82, 2.24) is 14.8 Å². The van der Waals surface area contributed by atoms with Crippen LogP contribution in [-0.2, 0) is 15.8 Å². The van der Waals surface area contributed by atoms with Gasteiger partial charge in [-0.25, -0.2) is 13.4 Å². The first-order valence-corrected chi connectivity index (χ1v) is 11.1. The van der Waals surface area contributed by atoms with Gasteiger partial charge in [-0.15, -0.1) is 11.3 Å². The molecule has 0 amide bonds. The van der Waals surface area contributed by atoms with Crippen molar-refractivity contribution >= 4 is 27.2 Å². The molecule has 0 spiro atoms. The van der Waals surface area contributed by atoms with Gasteiger partial charge in [0, 0.05) is 11.4 Å². The first-order valence-electron chi connectivity index (χ1n) is 8.52. The molecule has 4 aromatic rings. The average molecular weight is 415 g/mol. The van der Waals surface area contributed by atoms with E-state index in [1.807, 2.05) is 36.6 Å². The van der Waals surface area contributed by atoms with Crippen molar-refractivity contribution in [2.45, 2.75) is 19.6 Å². The molecule has 0 aliphatic carbocycles. The Bertz CT molecular complexity index is 1210. The van der Waals surface area contributed by atoms with E-state index in [-0.39, 0.29) is 5.75 Å². The van der Waals surface area contributed by atoms with Crippen LogP contribution in [0.4, 0.5) is 5.82 Å². The van der Waals surface area contributed by atoms with Gasteiger partial charge in [-0.05, 0) is 31.5 Å². The number of furan rings is 1. The fraction of sp³-hybridized carbons (Fsp3) is 0.158. The molecular weight excluding hydrogens is 396 g/mol. The van der Waals surface area contributed by atoms with E-state index in [0.29, 0.717) is 28.1 Å². The summed E-state index contributed by atoms with van der Waals surface area (Å²) < 4.78 is 34.9. The van der Waals surface area contributed by atoms with E-state index in [0.717, 1.165) is 11.1 Å². The molecule has 0 aliphatic rings. The Morgan fingerprint density at radius 1 is 1.18 bits per heavy atom. The monoisotopic (exact) mass is 414 g/mol. The molecule has 0 saturated heterocycles. The molecule has 28 heavy (non-hydrogen) atoms. The first kappa shape index (κ1) is 18.5. The van der Waals surface area contributed by atoms with Gasteiger partial charge in [-0.1, -0.05) is 29.8 Å². The Balaban J connectivity index is 1.61. The second kappa shape index (κ2) is 7.25. The Hall–Kier alpha value is -2.91. The number of aromatic nitrogens is 3. The standard InChI is InChI=1S/C19H18N4O3S2/c1-13-5-3-6-15(9-13)12-28(24,25)22-18-10-14(2)21-23(18)19-20-16(11-27-19)17-7-4-8-26-17/h3-11,22H,12H2,1-2H3. The molecule has 0 unspecified atom stereocenters. The molecule has 3 aromatic heterocycles. The van der Waals surface area contributed by atoms with Gasteiger partial charge in [0.2, 0.25) is 15.2 Å². The summed E-state index contributed by atoms with van der Waals surface area (Å²) in [7, 11) is -3.61. The normalized spacial score (nSPS) is 11.6. The summed E-state index contributed by atoms with van der Waals surface area (Å²) >= 11 is 1.35. The minimum absolute atomic E-state index is 0.117. The quantitative estimate of drug-likeness (QED) is 0.512. The predicted octanol–water partition coefficient (Wildman–Crippen LogP) is 4.15. The number of nitrogens with one attached hydrogen (secondary N) is 1. The van der Waals surface area contributed by atoms with Gasteiger partial charge in [0.1, 0.15) is 11.5 Å². The molecule has 0 fully saturated rings. The molecule has 0 atom stereocenters. The Labute approximate surface area is 166 Å². The second-order valence-corrected chi connectivity index (χ2v) is 8.98. The van der Waals surface area contributed by atoms with E-state index in [9.17, 15) is 8.42 Å². The van der Waals surface area contributed by atoms with Crippen LogP contribution in [0.5, 0.6) is 0 Å². The minimum atomic E-state index is -3.61. The molecule has 1 aromatic carbocycles. The highest BCUT2D eigenvalue weighted by atomic mass is 32.2. The van der Waals surface area contributed by atoms with E-state index in [2.05, 4.69) is 14.8 Å². The molecule has 3 heterocycles. The van der Waals surface area contributed by atoms with Crippen LogP contribution < -0.4 is 4.72 Å². The van der Waals surface area contributed by atoms with Crippen molar-refractivity contribution in [1.29, 1.82) is 0 Å². The fourth-order valence-electron chi connectivity index (χ4n) is 2.83. The Morgan fingerprint density at radius 2 is 2.04 bits per heavy atom. The number of thiazole rings is 1. The third-order valence-corrected chi connectivity index (χ3v) is 6.03. The Kier molecular flexibility index (Phi) is 4.78. The van der Waals surface area contributed by atoms with Crippen LogP contribution in [-0.4, -0.2) is 23.2 Å². The van der Waals surface area contributed by atoms with E-state index in [4.69, 9.17) is 4.42 Å². The summed E-state index contributed by atoms with van der Waals surface area (Å²) in [6.45, 7) is 3.73. The SMILES string of the molecule is Cc1cccc(CS(=O)(=O)Nc2cc(C)nn2-c2nc(-c3ccco3)cs2)c1. The van der Waals surface area contributed by atoms with Crippen molar-refractivity contribution in [2.24, 2.45) is 0 Å². The molecule has 0 saturated carbocycles. The van der Waals surface area contributed by atoms with Crippen molar-refractivity contribution in [2.75, 3.05) is 4.72 Å². The Morgan fingerprint density at radius 3 is 2.79 bits per heavy atom. The van der Waals surface area contributed by atoms with Crippen molar-refractivity contribution in [3.05, 3.63) is 70.9 Å². The van der Waals surface area contributed by atoms with Crippen molar-refractivity contribution < 1.29 is 12.8 Å². The second-order valence-electron chi connectivity index (χ2n) is 6.43. The molecular formula is C19H18N4O3S2. The van der Waals surface area contributed by atoms with Gasteiger partial charge in [-0.3, -0.25) is 4.72 Å². The van der Waals surface area contributed by atoms with Gasteiger partial charge in [-0.2, -0.15) is 9.78 Å². The summed E-state index contributed by atoms with van der Waals surface area (Å²) in [6, 6.07) is 12.7. The van der Waals surface area contributed by atoms with E-state index in [1.54, 1.807) is 31.4 Å².